The SMILES string of the molecule is COc1cc(F)c(CBr)cc1CC(=O)O. The third-order valence-corrected chi connectivity index (χ3v) is 2.54. The van der Waals surface area contributed by atoms with E-state index >= 15 is 0 Å². The number of aliphatic carboxylic acids is 1. The van der Waals surface area contributed by atoms with Crippen molar-refractivity contribution in [2.24, 2.45) is 0 Å². The number of alkyl halides is 1. The Bertz CT molecular complexity index is 379. The van der Waals surface area contributed by atoms with Crippen molar-refractivity contribution in [1.82, 2.24) is 0 Å². The van der Waals surface area contributed by atoms with Crippen molar-refractivity contribution >= 4 is 21.9 Å². The van der Waals surface area contributed by atoms with Crippen molar-refractivity contribution < 1.29 is 19.0 Å². The number of benzene rings is 1. The Morgan fingerprint density at radius 3 is 2.67 bits per heavy atom. The van der Waals surface area contributed by atoms with Gasteiger partial charge in [-0.1, -0.05) is 15.9 Å². The second-order valence-electron chi connectivity index (χ2n) is 2.96. The number of ether oxygens (including phenoxy) is 1. The average molecular weight is 277 g/mol. The van der Waals surface area contributed by atoms with Crippen LogP contribution >= 0.6 is 15.9 Å². The van der Waals surface area contributed by atoms with Crippen LogP contribution in [0.2, 0.25) is 0 Å². The first-order chi connectivity index (χ1) is 7.08. The predicted molar refractivity (Wildman–Crippen MR) is 56.9 cm³/mol. The van der Waals surface area contributed by atoms with Gasteiger partial charge < -0.3 is 9.84 Å². The van der Waals surface area contributed by atoms with Crippen molar-refractivity contribution in [3.05, 3.63) is 29.1 Å². The Hall–Kier alpha value is -1.10. The number of methoxy groups -OCH3 is 1. The Morgan fingerprint density at radius 1 is 1.53 bits per heavy atom. The molecular weight excluding hydrogens is 267 g/mol. The fourth-order valence-corrected chi connectivity index (χ4v) is 1.67. The molecule has 0 radical (unpaired) electrons. The number of hydrogen-bond acceptors (Lipinski definition) is 2. The van der Waals surface area contributed by atoms with Crippen LogP contribution in [0, 0.1) is 5.82 Å². The van der Waals surface area contributed by atoms with E-state index in [0.29, 0.717) is 16.5 Å². The van der Waals surface area contributed by atoms with E-state index in [4.69, 9.17) is 9.84 Å². The van der Waals surface area contributed by atoms with Crippen molar-refractivity contribution in [3.8, 4) is 5.75 Å². The van der Waals surface area contributed by atoms with Gasteiger partial charge in [-0.15, -0.1) is 0 Å². The molecule has 0 aromatic heterocycles. The van der Waals surface area contributed by atoms with Crippen LogP contribution < -0.4 is 4.74 Å². The lowest BCUT2D eigenvalue weighted by atomic mass is 10.1. The lowest BCUT2D eigenvalue weighted by Gasteiger charge is -2.09. The highest BCUT2D eigenvalue weighted by atomic mass is 79.9. The molecule has 82 valence electrons. The summed E-state index contributed by atoms with van der Waals surface area (Å²) < 4.78 is 18.2. The van der Waals surface area contributed by atoms with E-state index < -0.39 is 11.8 Å². The van der Waals surface area contributed by atoms with Gasteiger partial charge in [0, 0.05) is 17.0 Å². The lowest BCUT2D eigenvalue weighted by molar-refractivity contribution is -0.136. The van der Waals surface area contributed by atoms with Gasteiger partial charge in [-0.25, -0.2) is 4.39 Å². The number of carboxylic acids is 1. The lowest BCUT2D eigenvalue weighted by Crippen LogP contribution is -2.04. The number of carbonyl (C=O) groups is 1. The molecule has 1 aromatic carbocycles. The molecule has 15 heavy (non-hydrogen) atoms. The van der Waals surface area contributed by atoms with Crippen molar-refractivity contribution in [2.45, 2.75) is 11.8 Å². The summed E-state index contributed by atoms with van der Waals surface area (Å²) >= 11 is 3.13. The van der Waals surface area contributed by atoms with Gasteiger partial charge in [0.15, 0.2) is 0 Å². The maximum atomic E-state index is 13.3. The number of hydrogen-bond donors (Lipinski definition) is 1. The molecular formula is C10H10BrFO3. The molecule has 0 aliphatic heterocycles. The first-order valence-corrected chi connectivity index (χ1v) is 5.33. The predicted octanol–water partition coefficient (Wildman–Crippen LogP) is 2.36. The number of rotatable bonds is 4. The number of carboxylic acid groups (broad SMARTS) is 1. The van der Waals surface area contributed by atoms with Gasteiger partial charge in [-0.2, -0.15) is 0 Å². The normalized spacial score (nSPS) is 10.1. The highest BCUT2D eigenvalue weighted by Crippen LogP contribution is 2.24. The highest BCUT2D eigenvalue weighted by Gasteiger charge is 2.12. The third-order valence-electron chi connectivity index (χ3n) is 1.94. The van der Waals surface area contributed by atoms with Gasteiger partial charge in [0.05, 0.1) is 13.5 Å². The summed E-state index contributed by atoms with van der Waals surface area (Å²) in [4.78, 5) is 10.6. The minimum Gasteiger partial charge on any atom is -0.496 e. The van der Waals surface area contributed by atoms with Crippen LogP contribution in [0.15, 0.2) is 12.1 Å². The molecule has 0 atom stereocenters. The van der Waals surface area contributed by atoms with E-state index in [1.54, 1.807) is 0 Å². The first-order valence-electron chi connectivity index (χ1n) is 4.21. The molecule has 5 heteroatoms. The summed E-state index contributed by atoms with van der Waals surface area (Å²) in [6.45, 7) is 0. The molecule has 0 unspecified atom stereocenters. The van der Waals surface area contributed by atoms with Crippen molar-refractivity contribution in [2.75, 3.05) is 7.11 Å². The fourth-order valence-electron chi connectivity index (χ4n) is 1.24. The van der Waals surface area contributed by atoms with Gasteiger partial charge >= 0.3 is 5.97 Å². The van der Waals surface area contributed by atoms with Crippen LogP contribution in [0.3, 0.4) is 0 Å². The Balaban J connectivity index is 3.16. The molecule has 0 amide bonds. The van der Waals surface area contributed by atoms with E-state index in [0.717, 1.165) is 0 Å². The molecule has 0 aliphatic carbocycles. The van der Waals surface area contributed by atoms with Crippen LogP contribution in [0.25, 0.3) is 0 Å². The largest absolute Gasteiger partial charge is 0.496 e. The summed E-state index contributed by atoms with van der Waals surface area (Å²) in [5.41, 5.74) is 0.896. The molecule has 1 N–H and O–H groups in total. The van der Waals surface area contributed by atoms with Gasteiger partial charge in [-0.3, -0.25) is 4.79 Å². The molecule has 0 heterocycles. The molecule has 1 aromatic rings. The van der Waals surface area contributed by atoms with E-state index in [1.807, 2.05) is 0 Å². The standard InChI is InChI=1S/C10H10BrFO3/c1-15-9-4-8(12)7(5-11)2-6(9)3-10(13)14/h2,4H,3,5H2,1H3,(H,13,14). The summed E-state index contributed by atoms with van der Waals surface area (Å²) in [6.07, 6.45) is -0.177. The first kappa shape index (κ1) is 12.0. The van der Waals surface area contributed by atoms with E-state index in [2.05, 4.69) is 15.9 Å². The van der Waals surface area contributed by atoms with Gasteiger partial charge in [0.25, 0.3) is 0 Å². The zero-order chi connectivity index (χ0) is 11.4. The van der Waals surface area contributed by atoms with Crippen molar-refractivity contribution in [1.29, 1.82) is 0 Å². The van der Waals surface area contributed by atoms with Gasteiger partial charge in [0.1, 0.15) is 11.6 Å². The third kappa shape index (κ3) is 2.92. The zero-order valence-corrected chi connectivity index (χ0v) is 9.67. The molecule has 0 bridgehead atoms. The smallest absolute Gasteiger partial charge is 0.307 e. The highest BCUT2D eigenvalue weighted by molar-refractivity contribution is 9.08. The molecule has 0 spiro atoms. The minimum atomic E-state index is -0.972. The molecule has 1 rings (SSSR count). The summed E-state index contributed by atoms with van der Waals surface area (Å²) in [5, 5.41) is 9.00. The molecule has 0 saturated heterocycles. The second-order valence-corrected chi connectivity index (χ2v) is 3.52. The average Bonchev–Trinajstić information content (AvgIpc) is 2.19. The monoisotopic (exact) mass is 276 g/mol. The topological polar surface area (TPSA) is 46.5 Å². The Labute approximate surface area is 95.0 Å². The summed E-state index contributed by atoms with van der Waals surface area (Å²) in [7, 11) is 1.38. The molecule has 0 aliphatic rings. The molecule has 0 saturated carbocycles. The summed E-state index contributed by atoms with van der Waals surface area (Å²) in [6, 6.07) is 2.70. The number of halogens is 2. The van der Waals surface area contributed by atoms with Crippen LogP contribution in [-0.2, 0) is 16.5 Å². The van der Waals surface area contributed by atoms with Crippen LogP contribution in [-0.4, -0.2) is 18.2 Å². The van der Waals surface area contributed by atoms with Crippen LogP contribution in [0.4, 0.5) is 4.39 Å². The van der Waals surface area contributed by atoms with E-state index in [9.17, 15) is 9.18 Å². The molecule has 0 fully saturated rings. The van der Waals surface area contributed by atoms with Crippen LogP contribution in [0.1, 0.15) is 11.1 Å². The maximum Gasteiger partial charge on any atom is 0.307 e. The maximum absolute atomic E-state index is 13.3. The minimum absolute atomic E-state index is 0.177. The van der Waals surface area contributed by atoms with Crippen LogP contribution in [0.5, 0.6) is 5.75 Å². The van der Waals surface area contributed by atoms with Crippen molar-refractivity contribution in [3.63, 3.8) is 0 Å². The molecule has 3 nitrogen and oxygen atoms in total. The van der Waals surface area contributed by atoms with E-state index in [-0.39, 0.29) is 12.2 Å². The zero-order valence-electron chi connectivity index (χ0n) is 8.09. The Morgan fingerprint density at radius 2 is 2.20 bits per heavy atom. The quantitative estimate of drug-likeness (QED) is 0.859. The second kappa shape index (κ2) is 5.11. The Kier molecular flexibility index (Phi) is 4.08. The van der Waals surface area contributed by atoms with E-state index in [1.165, 1.54) is 19.2 Å². The fraction of sp³-hybridized carbons (Fsp3) is 0.300. The summed E-state index contributed by atoms with van der Waals surface area (Å²) in [5.74, 6) is -1.11. The van der Waals surface area contributed by atoms with Gasteiger partial charge in [0.2, 0.25) is 0 Å². The van der Waals surface area contributed by atoms with Gasteiger partial charge in [-0.05, 0) is 11.6 Å².